The van der Waals surface area contributed by atoms with Crippen LogP contribution in [0.15, 0.2) is 24.3 Å². The zero-order valence-corrected chi connectivity index (χ0v) is 15.0. The summed E-state index contributed by atoms with van der Waals surface area (Å²) in [6.07, 6.45) is 1.95. The molecule has 0 spiro atoms. The van der Waals surface area contributed by atoms with E-state index >= 15 is 0 Å². The van der Waals surface area contributed by atoms with E-state index in [0.717, 1.165) is 37.3 Å². The molecule has 2 heterocycles. The Kier molecular flexibility index (Phi) is 5.54. The second-order valence-corrected chi connectivity index (χ2v) is 6.89. The highest BCUT2D eigenvalue weighted by Crippen LogP contribution is 2.33. The standard InChI is InChI=1S/C19H29N3O2/c1-4-22-17-9-6-5-8-16(17)20-19(22)18-10-7-11-21(18)12-15(23)13-24-14(2)3/h5-6,8-9,14-15,18,23H,4,7,10-13H2,1-3H3. The summed E-state index contributed by atoms with van der Waals surface area (Å²) in [5.41, 5.74) is 2.26. The maximum Gasteiger partial charge on any atom is 0.127 e. The van der Waals surface area contributed by atoms with Crippen LogP contribution in [-0.4, -0.2) is 51.5 Å². The van der Waals surface area contributed by atoms with Crippen molar-refractivity contribution in [3.63, 3.8) is 0 Å². The van der Waals surface area contributed by atoms with Crippen molar-refractivity contribution in [1.82, 2.24) is 14.5 Å². The van der Waals surface area contributed by atoms with Crippen LogP contribution in [0.5, 0.6) is 0 Å². The van der Waals surface area contributed by atoms with Crippen LogP contribution in [0.4, 0.5) is 0 Å². The fourth-order valence-corrected chi connectivity index (χ4v) is 3.64. The summed E-state index contributed by atoms with van der Waals surface area (Å²) in [6.45, 7) is 9.12. The summed E-state index contributed by atoms with van der Waals surface area (Å²) in [5, 5.41) is 10.3. The Morgan fingerprint density at radius 2 is 2.12 bits per heavy atom. The summed E-state index contributed by atoms with van der Waals surface area (Å²) in [4.78, 5) is 7.27. The first-order valence-corrected chi connectivity index (χ1v) is 9.09. The van der Waals surface area contributed by atoms with Gasteiger partial charge in [0, 0.05) is 13.1 Å². The largest absolute Gasteiger partial charge is 0.389 e. The fraction of sp³-hybridized carbons (Fsp3) is 0.632. The van der Waals surface area contributed by atoms with E-state index in [1.165, 1.54) is 5.52 Å². The lowest BCUT2D eigenvalue weighted by atomic mass is 10.2. The number of ether oxygens (including phenoxy) is 1. The highest BCUT2D eigenvalue weighted by molar-refractivity contribution is 5.76. The van der Waals surface area contributed by atoms with Gasteiger partial charge in [-0.25, -0.2) is 4.98 Å². The SMILES string of the molecule is CCn1c(C2CCCN2CC(O)COC(C)C)nc2ccccc21. The molecule has 2 aromatic rings. The van der Waals surface area contributed by atoms with Crippen LogP contribution < -0.4 is 0 Å². The van der Waals surface area contributed by atoms with E-state index in [9.17, 15) is 5.11 Å². The number of aliphatic hydroxyl groups excluding tert-OH is 1. The lowest BCUT2D eigenvalue weighted by molar-refractivity contribution is -0.0106. The number of β-amino-alcohol motifs (C(OH)–C–C–N with tert-alkyl or cyclic N) is 1. The molecule has 0 saturated carbocycles. The summed E-state index contributed by atoms with van der Waals surface area (Å²) in [5.74, 6) is 1.13. The fourth-order valence-electron chi connectivity index (χ4n) is 3.64. The Labute approximate surface area is 144 Å². The first-order valence-electron chi connectivity index (χ1n) is 9.09. The van der Waals surface area contributed by atoms with Crippen molar-refractivity contribution in [3.05, 3.63) is 30.1 Å². The molecule has 3 rings (SSSR count). The van der Waals surface area contributed by atoms with Crippen molar-refractivity contribution in [2.24, 2.45) is 0 Å². The predicted molar refractivity (Wildman–Crippen MR) is 96.0 cm³/mol. The minimum Gasteiger partial charge on any atom is -0.389 e. The third-order valence-corrected chi connectivity index (χ3v) is 4.73. The normalized spacial score (nSPS) is 20.3. The Hall–Kier alpha value is -1.43. The van der Waals surface area contributed by atoms with E-state index in [2.05, 4.69) is 34.6 Å². The van der Waals surface area contributed by atoms with E-state index in [0.29, 0.717) is 13.2 Å². The number of aryl methyl sites for hydroxylation is 1. The van der Waals surface area contributed by atoms with Crippen LogP contribution in [0.25, 0.3) is 11.0 Å². The van der Waals surface area contributed by atoms with Crippen LogP contribution in [-0.2, 0) is 11.3 Å². The zero-order chi connectivity index (χ0) is 17.1. The summed E-state index contributed by atoms with van der Waals surface area (Å²) in [6, 6.07) is 8.61. The molecule has 5 nitrogen and oxygen atoms in total. The van der Waals surface area contributed by atoms with Gasteiger partial charge in [0.25, 0.3) is 0 Å². The Balaban J connectivity index is 1.78. The molecular weight excluding hydrogens is 302 g/mol. The second kappa shape index (κ2) is 7.64. The van der Waals surface area contributed by atoms with Crippen LogP contribution in [0.3, 0.4) is 0 Å². The topological polar surface area (TPSA) is 50.5 Å². The molecule has 1 fully saturated rings. The predicted octanol–water partition coefficient (Wildman–Crippen LogP) is 2.98. The maximum absolute atomic E-state index is 10.3. The molecule has 0 bridgehead atoms. The third kappa shape index (κ3) is 3.63. The number of benzene rings is 1. The molecule has 2 atom stereocenters. The molecule has 1 aliphatic rings. The number of rotatable bonds is 7. The summed E-state index contributed by atoms with van der Waals surface area (Å²) in [7, 11) is 0. The van der Waals surface area contributed by atoms with Crippen LogP contribution in [0, 0.1) is 0 Å². The van der Waals surface area contributed by atoms with E-state index in [1.807, 2.05) is 19.9 Å². The summed E-state index contributed by atoms with van der Waals surface area (Å²) < 4.78 is 7.87. The first-order chi connectivity index (χ1) is 11.6. The number of likely N-dealkylation sites (tertiary alicyclic amines) is 1. The van der Waals surface area contributed by atoms with Crippen molar-refractivity contribution >= 4 is 11.0 Å². The van der Waals surface area contributed by atoms with Gasteiger partial charge in [-0.2, -0.15) is 0 Å². The molecule has 24 heavy (non-hydrogen) atoms. The lowest BCUT2D eigenvalue weighted by Gasteiger charge is -2.27. The van der Waals surface area contributed by atoms with Crippen LogP contribution in [0.2, 0.25) is 0 Å². The van der Waals surface area contributed by atoms with E-state index in [-0.39, 0.29) is 12.1 Å². The van der Waals surface area contributed by atoms with E-state index < -0.39 is 6.10 Å². The average molecular weight is 331 g/mol. The maximum atomic E-state index is 10.3. The molecule has 1 N–H and O–H groups in total. The number of para-hydroxylation sites is 2. The number of aliphatic hydroxyl groups is 1. The third-order valence-electron chi connectivity index (χ3n) is 4.73. The van der Waals surface area contributed by atoms with Crippen molar-refractivity contribution < 1.29 is 9.84 Å². The number of hydrogen-bond donors (Lipinski definition) is 1. The molecule has 1 aromatic heterocycles. The number of nitrogens with zero attached hydrogens (tertiary/aromatic N) is 3. The monoisotopic (exact) mass is 331 g/mol. The highest BCUT2D eigenvalue weighted by atomic mass is 16.5. The smallest absolute Gasteiger partial charge is 0.127 e. The lowest BCUT2D eigenvalue weighted by Crippen LogP contribution is -2.36. The molecule has 1 aliphatic heterocycles. The molecule has 5 heteroatoms. The Morgan fingerprint density at radius 1 is 1.33 bits per heavy atom. The highest BCUT2D eigenvalue weighted by Gasteiger charge is 2.31. The average Bonchev–Trinajstić information content (AvgIpc) is 3.16. The van der Waals surface area contributed by atoms with Crippen molar-refractivity contribution in [3.8, 4) is 0 Å². The minimum atomic E-state index is -0.451. The quantitative estimate of drug-likeness (QED) is 0.847. The van der Waals surface area contributed by atoms with Gasteiger partial charge in [-0.05, 0) is 52.3 Å². The number of aromatic nitrogens is 2. The van der Waals surface area contributed by atoms with Gasteiger partial charge in [0.2, 0.25) is 0 Å². The van der Waals surface area contributed by atoms with E-state index in [4.69, 9.17) is 9.72 Å². The van der Waals surface area contributed by atoms with Crippen LogP contribution >= 0.6 is 0 Å². The van der Waals surface area contributed by atoms with Gasteiger partial charge in [-0.15, -0.1) is 0 Å². The number of imidazole rings is 1. The van der Waals surface area contributed by atoms with Gasteiger partial charge in [-0.3, -0.25) is 4.90 Å². The van der Waals surface area contributed by atoms with Crippen molar-refractivity contribution in [2.45, 2.75) is 58.4 Å². The van der Waals surface area contributed by atoms with Crippen molar-refractivity contribution in [1.29, 1.82) is 0 Å². The van der Waals surface area contributed by atoms with Crippen molar-refractivity contribution in [2.75, 3.05) is 19.7 Å². The van der Waals surface area contributed by atoms with Crippen LogP contribution in [0.1, 0.15) is 45.5 Å². The first kappa shape index (κ1) is 17.4. The van der Waals surface area contributed by atoms with E-state index in [1.54, 1.807) is 0 Å². The molecule has 132 valence electrons. The molecule has 0 radical (unpaired) electrons. The molecule has 0 aliphatic carbocycles. The summed E-state index contributed by atoms with van der Waals surface area (Å²) >= 11 is 0. The van der Waals surface area contributed by atoms with Gasteiger partial charge in [0.1, 0.15) is 5.82 Å². The van der Waals surface area contributed by atoms with Gasteiger partial charge in [0.15, 0.2) is 0 Å². The zero-order valence-electron chi connectivity index (χ0n) is 15.0. The molecular formula is C19H29N3O2. The Morgan fingerprint density at radius 3 is 2.88 bits per heavy atom. The molecule has 0 amide bonds. The number of hydrogen-bond acceptors (Lipinski definition) is 4. The van der Waals surface area contributed by atoms with Gasteiger partial charge in [0.05, 0.1) is 35.9 Å². The van der Waals surface area contributed by atoms with Gasteiger partial charge >= 0.3 is 0 Å². The molecule has 1 saturated heterocycles. The molecule has 2 unspecified atom stereocenters. The molecule has 1 aromatic carbocycles. The minimum absolute atomic E-state index is 0.151. The van der Waals surface area contributed by atoms with Gasteiger partial charge < -0.3 is 14.4 Å². The van der Waals surface area contributed by atoms with Gasteiger partial charge in [-0.1, -0.05) is 12.1 Å². The Bertz CT molecular complexity index is 668. The number of fused-ring (bicyclic) bond motifs is 1. The second-order valence-electron chi connectivity index (χ2n) is 6.89.